The first-order valence-corrected chi connectivity index (χ1v) is 8.91. The van der Waals surface area contributed by atoms with Crippen LogP contribution in [0.15, 0.2) is 23.1 Å². The Hall–Kier alpha value is -1.31. The van der Waals surface area contributed by atoms with Crippen LogP contribution in [-0.4, -0.2) is 46.0 Å². The molecule has 1 N–H and O–H groups in total. The van der Waals surface area contributed by atoms with Crippen molar-refractivity contribution >= 4 is 27.5 Å². The first kappa shape index (κ1) is 17.1. The van der Waals surface area contributed by atoms with Gasteiger partial charge in [0.15, 0.2) is 0 Å². The first-order valence-electron chi connectivity index (χ1n) is 7.05. The highest BCUT2D eigenvalue weighted by molar-refractivity contribution is 7.89. The Morgan fingerprint density at radius 3 is 2.77 bits per heavy atom. The van der Waals surface area contributed by atoms with E-state index in [1.807, 2.05) is 0 Å². The molecule has 22 heavy (non-hydrogen) atoms. The second kappa shape index (κ2) is 7.30. The largest absolute Gasteiger partial charge is 0.495 e. The third-order valence-corrected chi connectivity index (χ3v) is 5.28. The van der Waals surface area contributed by atoms with E-state index >= 15 is 0 Å². The fourth-order valence-electron chi connectivity index (χ4n) is 2.31. The number of amides is 1. The van der Waals surface area contributed by atoms with Crippen molar-refractivity contribution in [3.63, 3.8) is 0 Å². The summed E-state index contributed by atoms with van der Waals surface area (Å²) in [5.41, 5.74) is 0. The standard InChI is InChI=1S/C14H19ClN2O4S/c1-21-13-6-5-11(10-12(13)15)22(19,20)16-7-9-17-8-3-2-4-14(17)18/h5-6,10,16H,2-4,7-9H2,1H3. The van der Waals surface area contributed by atoms with Gasteiger partial charge in [-0.25, -0.2) is 13.1 Å². The van der Waals surface area contributed by atoms with Gasteiger partial charge in [0.1, 0.15) is 5.75 Å². The SMILES string of the molecule is COc1ccc(S(=O)(=O)NCCN2CCCCC2=O)cc1Cl. The number of nitrogens with zero attached hydrogens (tertiary/aromatic N) is 1. The lowest BCUT2D eigenvalue weighted by atomic mass is 10.1. The first-order chi connectivity index (χ1) is 10.4. The molecule has 0 atom stereocenters. The third kappa shape index (κ3) is 4.12. The van der Waals surface area contributed by atoms with Crippen molar-refractivity contribution in [1.82, 2.24) is 9.62 Å². The molecule has 0 aliphatic carbocycles. The molecule has 0 radical (unpaired) electrons. The van der Waals surface area contributed by atoms with Crippen LogP contribution in [-0.2, 0) is 14.8 Å². The summed E-state index contributed by atoms with van der Waals surface area (Å²) in [6.45, 7) is 1.24. The molecule has 0 unspecified atom stereocenters. The van der Waals surface area contributed by atoms with E-state index < -0.39 is 10.0 Å². The van der Waals surface area contributed by atoms with Gasteiger partial charge in [0.05, 0.1) is 17.0 Å². The van der Waals surface area contributed by atoms with Crippen LogP contribution >= 0.6 is 11.6 Å². The van der Waals surface area contributed by atoms with Crippen molar-refractivity contribution in [2.75, 3.05) is 26.7 Å². The number of hydrogen-bond acceptors (Lipinski definition) is 4. The molecular weight excluding hydrogens is 328 g/mol. The maximum atomic E-state index is 12.2. The minimum atomic E-state index is -3.65. The summed E-state index contributed by atoms with van der Waals surface area (Å²) in [5, 5.41) is 0.233. The molecule has 1 heterocycles. The average Bonchev–Trinajstić information content (AvgIpc) is 2.49. The van der Waals surface area contributed by atoms with E-state index in [9.17, 15) is 13.2 Å². The van der Waals surface area contributed by atoms with Crippen LogP contribution in [0.1, 0.15) is 19.3 Å². The van der Waals surface area contributed by atoms with Gasteiger partial charge in [0.25, 0.3) is 0 Å². The molecule has 0 saturated carbocycles. The number of halogens is 1. The Morgan fingerprint density at radius 1 is 1.36 bits per heavy atom. The number of ether oxygens (including phenoxy) is 1. The summed E-state index contributed by atoms with van der Waals surface area (Å²) in [6, 6.07) is 4.28. The number of carbonyl (C=O) groups excluding carboxylic acids is 1. The molecule has 8 heteroatoms. The van der Waals surface area contributed by atoms with Crippen LogP contribution in [0, 0.1) is 0 Å². The molecule has 0 spiro atoms. The van der Waals surface area contributed by atoms with Crippen LogP contribution in [0.4, 0.5) is 0 Å². The van der Waals surface area contributed by atoms with Gasteiger partial charge in [-0.15, -0.1) is 0 Å². The normalized spacial score (nSPS) is 15.9. The van der Waals surface area contributed by atoms with Crippen LogP contribution in [0.5, 0.6) is 5.75 Å². The maximum Gasteiger partial charge on any atom is 0.240 e. The number of methoxy groups -OCH3 is 1. The monoisotopic (exact) mass is 346 g/mol. The molecule has 2 rings (SSSR count). The number of likely N-dealkylation sites (tertiary alicyclic amines) is 1. The van der Waals surface area contributed by atoms with Gasteiger partial charge in [-0.05, 0) is 31.0 Å². The summed E-state index contributed by atoms with van der Waals surface area (Å²) in [4.78, 5) is 13.4. The molecule has 0 aromatic heterocycles. The molecule has 1 aromatic carbocycles. The zero-order chi connectivity index (χ0) is 16.2. The van der Waals surface area contributed by atoms with Crippen molar-refractivity contribution < 1.29 is 17.9 Å². The van der Waals surface area contributed by atoms with E-state index in [-0.39, 0.29) is 22.4 Å². The fraction of sp³-hybridized carbons (Fsp3) is 0.500. The van der Waals surface area contributed by atoms with E-state index in [2.05, 4.69) is 4.72 Å². The zero-order valence-electron chi connectivity index (χ0n) is 12.3. The van der Waals surface area contributed by atoms with E-state index in [1.165, 1.54) is 25.3 Å². The van der Waals surface area contributed by atoms with Gasteiger partial charge in [0.2, 0.25) is 15.9 Å². The van der Waals surface area contributed by atoms with Gasteiger partial charge in [0, 0.05) is 26.1 Å². The number of sulfonamides is 1. The molecule has 1 aliphatic heterocycles. The topological polar surface area (TPSA) is 75.7 Å². The number of carbonyl (C=O) groups is 1. The van der Waals surface area contributed by atoms with E-state index in [0.717, 1.165) is 12.8 Å². The summed E-state index contributed by atoms with van der Waals surface area (Å²) in [7, 11) is -2.19. The number of rotatable bonds is 6. The van der Waals surface area contributed by atoms with Crippen molar-refractivity contribution in [2.24, 2.45) is 0 Å². The predicted octanol–water partition coefficient (Wildman–Crippen LogP) is 1.64. The van der Waals surface area contributed by atoms with Crippen molar-refractivity contribution in [2.45, 2.75) is 24.2 Å². The molecular formula is C14H19ClN2O4S. The molecule has 1 saturated heterocycles. The van der Waals surface area contributed by atoms with Crippen molar-refractivity contribution in [3.8, 4) is 5.75 Å². The molecule has 6 nitrogen and oxygen atoms in total. The lowest BCUT2D eigenvalue weighted by molar-refractivity contribution is -0.133. The summed E-state index contributed by atoms with van der Waals surface area (Å²) in [6.07, 6.45) is 2.42. The predicted molar refractivity (Wildman–Crippen MR) is 83.6 cm³/mol. The average molecular weight is 347 g/mol. The Morgan fingerprint density at radius 2 is 2.14 bits per heavy atom. The number of hydrogen-bond donors (Lipinski definition) is 1. The lowest BCUT2D eigenvalue weighted by Crippen LogP contribution is -2.41. The van der Waals surface area contributed by atoms with Gasteiger partial charge in [-0.3, -0.25) is 4.79 Å². The van der Waals surface area contributed by atoms with Crippen molar-refractivity contribution in [3.05, 3.63) is 23.2 Å². The summed E-state index contributed by atoms with van der Waals surface area (Å²) in [5.74, 6) is 0.498. The molecule has 122 valence electrons. The minimum Gasteiger partial charge on any atom is -0.495 e. The molecule has 1 aliphatic rings. The molecule has 0 bridgehead atoms. The third-order valence-electron chi connectivity index (χ3n) is 3.53. The van der Waals surface area contributed by atoms with Crippen LogP contribution < -0.4 is 9.46 Å². The Balaban J connectivity index is 1.96. The van der Waals surface area contributed by atoms with Gasteiger partial charge < -0.3 is 9.64 Å². The maximum absolute atomic E-state index is 12.2. The number of benzene rings is 1. The highest BCUT2D eigenvalue weighted by Crippen LogP contribution is 2.26. The molecule has 1 amide bonds. The summed E-state index contributed by atoms with van der Waals surface area (Å²) >= 11 is 5.94. The fourth-order valence-corrected chi connectivity index (χ4v) is 3.68. The van der Waals surface area contributed by atoms with Gasteiger partial charge in [-0.1, -0.05) is 11.6 Å². The van der Waals surface area contributed by atoms with Crippen LogP contribution in [0.25, 0.3) is 0 Å². The second-order valence-corrected chi connectivity index (χ2v) is 7.21. The highest BCUT2D eigenvalue weighted by Gasteiger charge is 2.19. The number of nitrogens with one attached hydrogen (secondary N) is 1. The van der Waals surface area contributed by atoms with Crippen molar-refractivity contribution in [1.29, 1.82) is 0 Å². The Kier molecular flexibility index (Phi) is 5.66. The lowest BCUT2D eigenvalue weighted by Gasteiger charge is -2.26. The molecule has 1 fully saturated rings. The van der Waals surface area contributed by atoms with E-state index in [0.29, 0.717) is 25.3 Å². The van der Waals surface area contributed by atoms with E-state index in [4.69, 9.17) is 16.3 Å². The number of piperidine rings is 1. The van der Waals surface area contributed by atoms with E-state index in [1.54, 1.807) is 4.90 Å². The van der Waals surface area contributed by atoms with Crippen LogP contribution in [0.2, 0.25) is 5.02 Å². The van der Waals surface area contributed by atoms with Crippen LogP contribution in [0.3, 0.4) is 0 Å². The quantitative estimate of drug-likeness (QED) is 0.849. The second-order valence-electron chi connectivity index (χ2n) is 5.03. The Bertz CT molecular complexity index is 648. The van der Waals surface area contributed by atoms with Gasteiger partial charge >= 0.3 is 0 Å². The summed E-state index contributed by atoms with van der Waals surface area (Å²) < 4.78 is 31.9. The minimum absolute atomic E-state index is 0.0725. The Labute approximate surface area is 135 Å². The van der Waals surface area contributed by atoms with Gasteiger partial charge in [-0.2, -0.15) is 0 Å². The smallest absolute Gasteiger partial charge is 0.240 e. The zero-order valence-corrected chi connectivity index (χ0v) is 13.9. The highest BCUT2D eigenvalue weighted by atomic mass is 35.5. The molecule has 1 aromatic rings.